The Labute approximate surface area is 112 Å². The van der Waals surface area contributed by atoms with Gasteiger partial charge < -0.3 is 0 Å². The van der Waals surface area contributed by atoms with Gasteiger partial charge in [-0.05, 0) is 28.5 Å². The molecule has 0 spiro atoms. The van der Waals surface area contributed by atoms with Gasteiger partial charge in [0.15, 0.2) is 0 Å². The summed E-state index contributed by atoms with van der Waals surface area (Å²) in [6.45, 7) is 8.44. The smallest absolute Gasteiger partial charge is 0.142 e. The van der Waals surface area contributed by atoms with Crippen molar-refractivity contribution in [2.45, 2.75) is 34.1 Å². The van der Waals surface area contributed by atoms with Crippen molar-refractivity contribution in [3.05, 3.63) is 34.6 Å². The molecule has 18 heavy (non-hydrogen) atoms. The molecule has 0 radical (unpaired) electrons. The Bertz CT molecular complexity index is 491. The van der Waals surface area contributed by atoms with E-state index in [9.17, 15) is 9.18 Å². The fourth-order valence-corrected chi connectivity index (χ4v) is 3.07. The first-order valence-corrected chi connectivity index (χ1v) is 6.52. The number of rotatable bonds is 3. The molecule has 1 saturated carbocycles. The summed E-state index contributed by atoms with van der Waals surface area (Å²) in [4.78, 5) is 12.2. The lowest BCUT2D eigenvalue weighted by Gasteiger charge is -2.04. The van der Waals surface area contributed by atoms with E-state index >= 15 is 0 Å². The molecular weight excluding hydrogens is 251 g/mol. The highest BCUT2D eigenvalue weighted by Gasteiger charge is 2.67. The standard InChI is InChI=1S/C15H18ClFO/c1-14(2)13(15(14,3)4)12(18)8-9-5-6-10(16)11(17)7-9/h5-7,13H,8H2,1-4H3. The van der Waals surface area contributed by atoms with Crippen LogP contribution in [0.1, 0.15) is 33.3 Å². The van der Waals surface area contributed by atoms with Crippen LogP contribution in [0.15, 0.2) is 18.2 Å². The summed E-state index contributed by atoms with van der Waals surface area (Å²) in [5, 5.41) is 0.0956. The SMILES string of the molecule is CC1(C)C(C(=O)Cc2ccc(Cl)c(F)c2)C1(C)C. The van der Waals surface area contributed by atoms with E-state index in [1.807, 2.05) is 0 Å². The molecule has 1 aromatic rings. The number of hydrogen-bond donors (Lipinski definition) is 0. The van der Waals surface area contributed by atoms with Crippen LogP contribution in [0.4, 0.5) is 4.39 Å². The average Bonchev–Trinajstić information content (AvgIpc) is 2.63. The van der Waals surface area contributed by atoms with E-state index in [0.29, 0.717) is 5.56 Å². The fourth-order valence-electron chi connectivity index (χ4n) is 2.95. The molecule has 0 heterocycles. The third-order valence-electron chi connectivity index (χ3n) is 4.71. The van der Waals surface area contributed by atoms with Crippen LogP contribution in [-0.2, 0) is 11.2 Å². The molecule has 1 fully saturated rings. The van der Waals surface area contributed by atoms with Crippen molar-refractivity contribution in [3.8, 4) is 0 Å². The monoisotopic (exact) mass is 268 g/mol. The van der Waals surface area contributed by atoms with Crippen molar-refractivity contribution in [1.29, 1.82) is 0 Å². The van der Waals surface area contributed by atoms with E-state index in [-0.39, 0.29) is 34.0 Å². The van der Waals surface area contributed by atoms with Gasteiger partial charge in [-0.15, -0.1) is 0 Å². The first-order valence-electron chi connectivity index (χ1n) is 6.14. The minimum atomic E-state index is -0.462. The molecular formula is C15H18ClFO. The molecule has 2 rings (SSSR count). The van der Waals surface area contributed by atoms with Gasteiger partial charge >= 0.3 is 0 Å². The Morgan fingerprint density at radius 2 is 1.83 bits per heavy atom. The van der Waals surface area contributed by atoms with E-state index in [1.54, 1.807) is 6.07 Å². The quantitative estimate of drug-likeness (QED) is 0.800. The fraction of sp³-hybridized carbons (Fsp3) is 0.533. The van der Waals surface area contributed by atoms with E-state index < -0.39 is 5.82 Å². The molecule has 0 saturated heterocycles. The number of benzene rings is 1. The molecule has 0 aliphatic heterocycles. The molecule has 0 aromatic heterocycles. The molecule has 1 aliphatic carbocycles. The topological polar surface area (TPSA) is 17.1 Å². The number of hydrogen-bond acceptors (Lipinski definition) is 1. The summed E-state index contributed by atoms with van der Waals surface area (Å²) in [6, 6.07) is 4.57. The zero-order valence-corrected chi connectivity index (χ0v) is 11.9. The summed E-state index contributed by atoms with van der Waals surface area (Å²) in [6.07, 6.45) is 0.283. The van der Waals surface area contributed by atoms with Crippen LogP contribution in [0, 0.1) is 22.6 Å². The van der Waals surface area contributed by atoms with Crippen molar-refractivity contribution in [3.63, 3.8) is 0 Å². The number of ketones is 1. The van der Waals surface area contributed by atoms with Crippen molar-refractivity contribution < 1.29 is 9.18 Å². The average molecular weight is 269 g/mol. The van der Waals surface area contributed by atoms with Crippen LogP contribution in [0.2, 0.25) is 5.02 Å². The van der Waals surface area contributed by atoms with Gasteiger partial charge in [-0.2, -0.15) is 0 Å². The molecule has 0 bridgehead atoms. The Balaban J connectivity index is 2.12. The minimum absolute atomic E-state index is 0.0368. The van der Waals surface area contributed by atoms with Crippen LogP contribution in [-0.4, -0.2) is 5.78 Å². The minimum Gasteiger partial charge on any atom is -0.299 e. The second-order valence-electron chi connectivity index (χ2n) is 6.27. The summed E-state index contributed by atoms with van der Waals surface area (Å²) in [5.41, 5.74) is 0.768. The van der Waals surface area contributed by atoms with Crippen molar-refractivity contribution in [2.75, 3.05) is 0 Å². The first-order chi connectivity index (χ1) is 8.18. The third kappa shape index (κ3) is 1.97. The third-order valence-corrected chi connectivity index (χ3v) is 5.01. The molecule has 98 valence electrons. The highest BCUT2D eigenvalue weighted by atomic mass is 35.5. The molecule has 0 amide bonds. The summed E-state index contributed by atoms with van der Waals surface area (Å²) < 4.78 is 13.3. The zero-order valence-electron chi connectivity index (χ0n) is 11.2. The molecule has 0 atom stereocenters. The van der Waals surface area contributed by atoms with Crippen LogP contribution in [0.5, 0.6) is 0 Å². The predicted molar refractivity (Wildman–Crippen MR) is 71.2 cm³/mol. The Kier molecular flexibility index (Phi) is 3.05. The van der Waals surface area contributed by atoms with E-state index in [4.69, 9.17) is 11.6 Å². The van der Waals surface area contributed by atoms with Gasteiger partial charge in [0.2, 0.25) is 0 Å². The van der Waals surface area contributed by atoms with Crippen molar-refractivity contribution >= 4 is 17.4 Å². The lowest BCUT2D eigenvalue weighted by atomic mass is 10.0. The van der Waals surface area contributed by atoms with Gasteiger partial charge in [0.25, 0.3) is 0 Å². The maximum absolute atomic E-state index is 13.3. The van der Waals surface area contributed by atoms with Gasteiger partial charge in [0, 0.05) is 12.3 Å². The molecule has 0 unspecified atom stereocenters. The van der Waals surface area contributed by atoms with Crippen LogP contribution in [0.3, 0.4) is 0 Å². The Morgan fingerprint density at radius 1 is 1.28 bits per heavy atom. The van der Waals surface area contributed by atoms with Gasteiger partial charge in [-0.1, -0.05) is 45.4 Å². The van der Waals surface area contributed by atoms with Gasteiger partial charge in [-0.3, -0.25) is 4.79 Å². The lowest BCUT2D eigenvalue weighted by molar-refractivity contribution is -0.120. The summed E-state index contributed by atoms with van der Waals surface area (Å²) in [7, 11) is 0. The molecule has 3 heteroatoms. The molecule has 0 N–H and O–H groups in total. The number of Topliss-reactive ketones (excluding diaryl/α,β-unsaturated/α-hetero) is 1. The highest BCUT2D eigenvalue weighted by Crippen LogP contribution is 2.68. The van der Waals surface area contributed by atoms with Crippen molar-refractivity contribution in [2.24, 2.45) is 16.7 Å². The Morgan fingerprint density at radius 3 is 2.28 bits per heavy atom. The largest absolute Gasteiger partial charge is 0.299 e. The van der Waals surface area contributed by atoms with E-state index in [2.05, 4.69) is 27.7 Å². The molecule has 1 aliphatic rings. The summed E-state index contributed by atoms with van der Waals surface area (Å²) >= 11 is 5.62. The van der Waals surface area contributed by atoms with E-state index in [0.717, 1.165) is 0 Å². The van der Waals surface area contributed by atoms with Gasteiger partial charge in [0.05, 0.1) is 5.02 Å². The van der Waals surface area contributed by atoms with Crippen LogP contribution >= 0.6 is 11.6 Å². The maximum Gasteiger partial charge on any atom is 0.142 e. The maximum atomic E-state index is 13.3. The second-order valence-corrected chi connectivity index (χ2v) is 6.68. The zero-order chi connectivity index (χ0) is 13.7. The van der Waals surface area contributed by atoms with E-state index in [1.165, 1.54) is 12.1 Å². The predicted octanol–water partition coefficient (Wildman–Crippen LogP) is 4.27. The number of carbonyl (C=O) groups is 1. The second kappa shape index (κ2) is 4.06. The lowest BCUT2D eigenvalue weighted by Crippen LogP contribution is -2.10. The normalized spacial score (nSPS) is 20.8. The van der Waals surface area contributed by atoms with Gasteiger partial charge in [-0.25, -0.2) is 4.39 Å². The summed E-state index contributed by atoms with van der Waals surface area (Å²) in [5.74, 6) is -0.216. The number of carbonyl (C=O) groups excluding carboxylic acids is 1. The van der Waals surface area contributed by atoms with Crippen LogP contribution in [0.25, 0.3) is 0 Å². The number of halogens is 2. The van der Waals surface area contributed by atoms with Crippen LogP contribution < -0.4 is 0 Å². The molecule has 1 nitrogen and oxygen atoms in total. The highest BCUT2D eigenvalue weighted by molar-refractivity contribution is 6.30. The van der Waals surface area contributed by atoms with Crippen molar-refractivity contribution in [1.82, 2.24) is 0 Å². The van der Waals surface area contributed by atoms with Gasteiger partial charge in [0.1, 0.15) is 11.6 Å². The molecule has 1 aromatic carbocycles. The Hall–Kier alpha value is -0.890. The first kappa shape index (κ1) is 13.5.